The van der Waals surface area contributed by atoms with Gasteiger partial charge in [-0.1, -0.05) is 31.5 Å². The van der Waals surface area contributed by atoms with Gasteiger partial charge in [-0.25, -0.2) is 0 Å². The van der Waals surface area contributed by atoms with Crippen molar-refractivity contribution in [2.45, 2.75) is 52.0 Å². The van der Waals surface area contributed by atoms with Crippen molar-refractivity contribution in [2.75, 3.05) is 18.4 Å². The zero-order chi connectivity index (χ0) is 13.1. The summed E-state index contributed by atoms with van der Waals surface area (Å²) in [6.45, 7) is 5.65. The van der Waals surface area contributed by atoms with Gasteiger partial charge in [0.05, 0.1) is 0 Å². The molecular formula is C17H26N2. The second-order valence-corrected chi connectivity index (χ2v) is 6.34. The first kappa shape index (κ1) is 13.0. The van der Waals surface area contributed by atoms with Gasteiger partial charge in [-0.15, -0.1) is 0 Å². The van der Waals surface area contributed by atoms with Crippen molar-refractivity contribution in [3.05, 3.63) is 29.3 Å². The predicted octanol–water partition coefficient (Wildman–Crippen LogP) is 3.71. The van der Waals surface area contributed by atoms with Crippen molar-refractivity contribution in [2.24, 2.45) is 5.41 Å². The summed E-state index contributed by atoms with van der Waals surface area (Å²) in [5.74, 6) is 0. The molecule has 1 aromatic carbocycles. The predicted molar refractivity (Wildman–Crippen MR) is 81.5 cm³/mol. The third kappa shape index (κ3) is 2.94. The minimum Gasteiger partial charge on any atom is -0.385 e. The van der Waals surface area contributed by atoms with Crippen molar-refractivity contribution in [1.29, 1.82) is 0 Å². The molecule has 2 aliphatic rings. The number of benzene rings is 1. The Morgan fingerprint density at radius 2 is 2.21 bits per heavy atom. The fourth-order valence-corrected chi connectivity index (χ4v) is 3.41. The first-order chi connectivity index (χ1) is 9.33. The highest BCUT2D eigenvalue weighted by Gasteiger charge is 2.40. The molecule has 1 aromatic rings. The van der Waals surface area contributed by atoms with E-state index in [-0.39, 0.29) is 0 Å². The number of rotatable bonds is 6. The number of para-hydroxylation sites is 1. The lowest BCUT2D eigenvalue weighted by atomic mass is 9.98. The van der Waals surface area contributed by atoms with Crippen LogP contribution in [0.15, 0.2) is 18.2 Å². The second kappa shape index (κ2) is 5.54. The zero-order valence-electron chi connectivity index (χ0n) is 12.1. The molecule has 0 atom stereocenters. The molecule has 0 aromatic heterocycles. The van der Waals surface area contributed by atoms with Crippen LogP contribution >= 0.6 is 0 Å². The Hall–Kier alpha value is -1.02. The highest BCUT2D eigenvalue weighted by Crippen LogP contribution is 2.49. The summed E-state index contributed by atoms with van der Waals surface area (Å²) in [6.07, 6.45) is 8.08. The van der Waals surface area contributed by atoms with Crippen LogP contribution in [0.3, 0.4) is 0 Å². The summed E-state index contributed by atoms with van der Waals surface area (Å²) in [4.78, 5) is 0. The molecule has 2 nitrogen and oxygen atoms in total. The molecule has 2 N–H and O–H groups in total. The van der Waals surface area contributed by atoms with Crippen LogP contribution in [0.4, 0.5) is 5.69 Å². The van der Waals surface area contributed by atoms with Gasteiger partial charge in [0, 0.05) is 25.3 Å². The maximum absolute atomic E-state index is 3.70. The zero-order valence-corrected chi connectivity index (χ0v) is 12.1. The molecule has 1 aliphatic heterocycles. The van der Waals surface area contributed by atoms with Gasteiger partial charge in [-0.2, -0.15) is 0 Å². The summed E-state index contributed by atoms with van der Waals surface area (Å²) in [6, 6.07) is 6.75. The Balaban J connectivity index is 1.58. The topological polar surface area (TPSA) is 24.1 Å². The van der Waals surface area contributed by atoms with E-state index in [9.17, 15) is 0 Å². The Bertz CT molecular complexity index is 435. The summed E-state index contributed by atoms with van der Waals surface area (Å²) in [7, 11) is 0. The van der Waals surface area contributed by atoms with E-state index in [1.165, 1.54) is 61.9 Å². The van der Waals surface area contributed by atoms with Gasteiger partial charge in [-0.05, 0) is 48.6 Å². The number of hydrogen-bond donors (Lipinski definition) is 2. The molecule has 1 heterocycles. The van der Waals surface area contributed by atoms with Crippen LogP contribution in [0.1, 0.15) is 50.2 Å². The molecule has 2 heteroatoms. The molecule has 0 radical (unpaired) electrons. The largest absolute Gasteiger partial charge is 0.385 e. The maximum Gasteiger partial charge on any atom is 0.0418 e. The van der Waals surface area contributed by atoms with Crippen LogP contribution in [-0.2, 0) is 13.0 Å². The van der Waals surface area contributed by atoms with Gasteiger partial charge in [0.15, 0.2) is 0 Å². The third-order valence-corrected chi connectivity index (χ3v) is 4.71. The second-order valence-electron chi connectivity index (χ2n) is 6.34. The smallest absolute Gasteiger partial charge is 0.0418 e. The van der Waals surface area contributed by atoms with E-state index in [2.05, 4.69) is 35.8 Å². The minimum absolute atomic E-state index is 0.650. The molecule has 0 unspecified atom stereocenters. The molecule has 104 valence electrons. The molecule has 3 rings (SSSR count). The monoisotopic (exact) mass is 258 g/mol. The summed E-state index contributed by atoms with van der Waals surface area (Å²) in [5, 5.41) is 7.28. The lowest BCUT2D eigenvalue weighted by Gasteiger charge is -2.22. The lowest BCUT2D eigenvalue weighted by Crippen LogP contribution is -2.24. The average Bonchev–Trinajstić information content (AvgIpc) is 3.19. The molecule has 0 amide bonds. The van der Waals surface area contributed by atoms with E-state index >= 15 is 0 Å². The highest BCUT2D eigenvalue weighted by atomic mass is 14.9. The van der Waals surface area contributed by atoms with Crippen LogP contribution in [0.25, 0.3) is 0 Å². The highest BCUT2D eigenvalue weighted by molar-refractivity contribution is 5.59. The van der Waals surface area contributed by atoms with E-state index in [4.69, 9.17) is 0 Å². The quantitative estimate of drug-likeness (QED) is 0.812. The summed E-state index contributed by atoms with van der Waals surface area (Å²) >= 11 is 0. The van der Waals surface area contributed by atoms with E-state index in [0.717, 1.165) is 13.1 Å². The van der Waals surface area contributed by atoms with Gasteiger partial charge >= 0.3 is 0 Å². The SMILES string of the molecule is CCCC1(CNCc2cccc3c2NCCC3)CC1. The van der Waals surface area contributed by atoms with Crippen molar-refractivity contribution in [3.8, 4) is 0 Å². The van der Waals surface area contributed by atoms with Gasteiger partial charge < -0.3 is 10.6 Å². The fraction of sp³-hybridized carbons (Fsp3) is 0.647. The standard InChI is InChI=1S/C17H26N2/c1-2-8-17(9-10-17)13-18-12-15-6-3-5-14-7-4-11-19-16(14)15/h3,5-6,18-19H,2,4,7-13H2,1H3. The van der Waals surface area contributed by atoms with Crippen molar-refractivity contribution < 1.29 is 0 Å². The lowest BCUT2D eigenvalue weighted by molar-refractivity contribution is 0.421. The molecule has 1 fully saturated rings. The van der Waals surface area contributed by atoms with E-state index < -0.39 is 0 Å². The first-order valence-electron chi connectivity index (χ1n) is 7.88. The Labute approximate surface area is 117 Å². The Kier molecular flexibility index (Phi) is 3.79. The molecular weight excluding hydrogens is 232 g/mol. The first-order valence-corrected chi connectivity index (χ1v) is 7.88. The Morgan fingerprint density at radius 3 is 3.00 bits per heavy atom. The molecule has 19 heavy (non-hydrogen) atoms. The van der Waals surface area contributed by atoms with Crippen LogP contribution < -0.4 is 10.6 Å². The van der Waals surface area contributed by atoms with Gasteiger partial charge in [-0.3, -0.25) is 0 Å². The van der Waals surface area contributed by atoms with Crippen molar-refractivity contribution in [1.82, 2.24) is 5.32 Å². The summed E-state index contributed by atoms with van der Waals surface area (Å²) in [5.41, 5.74) is 5.00. The van der Waals surface area contributed by atoms with E-state index in [1.807, 2.05) is 0 Å². The van der Waals surface area contributed by atoms with Crippen LogP contribution in [-0.4, -0.2) is 13.1 Å². The number of anilines is 1. The van der Waals surface area contributed by atoms with E-state index in [1.54, 1.807) is 0 Å². The molecule has 0 bridgehead atoms. The number of aryl methyl sites for hydroxylation is 1. The van der Waals surface area contributed by atoms with Gasteiger partial charge in [0.1, 0.15) is 0 Å². The molecule has 0 spiro atoms. The minimum atomic E-state index is 0.650. The Morgan fingerprint density at radius 1 is 1.32 bits per heavy atom. The normalized spacial score (nSPS) is 19.6. The van der Waals surface area contributed by atoms with Crippen LogP contribution in [0, 0.1) is 5.41 Å². The number of hydrogen-bond acceptors (Lipinski definition) is 2. The average molecular weight is 258 g/mol. The van der Waals surface area contributed by atoms with E-state index in [0.29, 0.717) is 5.41 Å². The van der Waals surface area contributed by atoms with Gasteiger partial charge in [0.25, 0.3) is 0 Å². The van der Waals surface area contributed by atoms with Crippen molar-refractivity contribution in [3.63, 3.8) is 0 Å². The van der Waals surface area contributed by atoms with Gasteiger partial charge in [0.2, 0.25) is 0 Å². The van der Waals surface area contributed by atoms with Crippen molar-refractivity contribution >= 4 is 5.69 Å². The molecule has 0 saturated heterocycles. The number of nitrogens with one attached hydrogen (secondary N) is 2. The third-order valence-electron chi connectivity index (χ3n) is 4.71. The molecule has 1 saturated carbocycles. The summed E-state index contributed by atoms with van der Waals surface area (Å²) < 4.78 is 0. The number of fused-ring (bicyclic) bond motifs is 1. The molecule has 1 aliphatic carbocycles. The maximum atomic E-state index is 3.70. The van der Waals surface area contributed by atoms with Crippen LogP contribution in [0.2, 0.25) is 0 Å². The van der Waals surface area contributed by atoms with Crippen LogP contribution in [0.5, 0.6) is 0 Å². The fourth-order valence-electron chi connectivity index (χ4n) is 3.41.